The highest BCUT2D eigenvalue weighted by atomic mass is 35.5. The highest BCUT2D eigenvalue weighted by molar-refractivity contribution is 7.99. The van der Waals surface area contributed by atoms with Crippen molar-refractivity contribution in [2.24, 2.45) is 5.73 Å². The van der Waals surface area contributed by atoms with Crippen LogP contribution in [0.4, 0.5) is 0 Å². The van der Waals surface area contributed by atoms with Gasteiger partial charge in [0.25, 0.3) is 0 Å². The summed E-state index contributed by atoms with van der Waals surface area (Å²) in [7, 11) is 2.21. The lowest BCUT2D eigenvalue weighted by Crippen LogP contribution is -2.44. The fraction of sp³-hybridized carbons (Fsp3) is 0.600. The van der Waals surface area contributed by atoms with Gasteiger partial charge in [-0.25, -0.2) is 0 Å². The Balaban J connectivity index is 2.24. The van der Waals surface area contributed by atoms with Gasteiger partial charge < -0.3 is 5.73 Å². The Morgan fingerprint density at radius 1 is 1.53 bits per heavy atom. The van der Waals surface area contributed by atoms with E-state index in [0.29, 0.717) is 6.04 Å². The third-order valence-corrected chi connectivity index (χ3v) is 5.37. The van der Waals surface area contributed by atoms with Crippen LogP contribution in [0.25, 0.3) is 0 Å². The molecule has 1 aliphatic heterocycles. The van der Waals surface area contributed by atoms with Gasteiger partial charge in [0.05, 0.1) is 0 Å². The molecule has 19 heavy (non-hydrogen) atoms. The van der Waals surface area contributed by atoms with Gasteiger partial charge in [0.15, 0.2) is 0 Å². The molecule has 4 heteroatoms. The number of likely N-dealkylation sites (N-methyl/N-ethyl adjacent to an activating group) is 1. The van der Waals surface area contributed by atoms with Crippen molar-refractivity contribution in [2.75, 3.05) is 18.6 Å². The molecule has 3 unspecified atom stereocenters. The zero-order valence-electron chi connectivity index (χ0n) is 11.7. The Hall–Kier alpha value is -0.220. The maximum Gasteiger partial charge on any atom is 0.0499 e. The molecule has 1 fully saturated rings. The molecule has 0 aliphatic carbocycles. The summed E-state index contributed by atoms with van der Waals surface area (Å²) in [5, 5.41) is 0.792. The van der Waals surface area contributed by atoms with Gasteiger partial charge in [-0.05, 0) is 43.3 Å². The summed E-state index contributed by atoms with van der Waals surface area (Å²) in [6.07, 6.45) is 2.23. The lowest BCUT2D eigenvalue weighted by molar-refractivity contribution is 0.161. The molecular formula is C15H23ClN2S. The molecule has 1 saturated heterocycles. The van der Waals surface area contributed by atoms with Gasteiger partial charge in [-0.2, -0.15) is 11.8 Å². The second-order valence-corrected chi connectivity index (χ2v) is 6.84. The molecule has 0 amide bonds. The first-order valence-electron chi connectivity index (χ1n) is 6.94. The zero-order chi connectivity index (χ0) is 13.8. The predicted molar refractivity (Wildman–Crippen MR) is 86.0 cm³/mol. The minimum atomic E-state index is 0.147. The second kappa shape index (κ2) is 6.98. The SMILES string of the molecule is CCC(N)C(c1cccc(Cl)c1)N(C)C1CCSC1. The summed E-state index contributed by atoms with van der Waals surface area (Å²) in [6, 6.07) is 9.17. The monoisotopic (exact) mass is 298 g/mol. The Bertz CT molecular complexity index is 407. The molecule has 1 heterocycles. The normalized spacial score (nSPS) is 22.7. The number of hydrogen-bond donors (Lipinski definition) is 1. The highest BCUT2D eigenvalue weighted by Gasteiger charge is 2.30. The molecule has 3 atom stereocenters. The number of benzene rings is 1. The largest absolute Gasteiger partial charge is 0.326 e. The van der Waals surface area contributed by atoms with Crippen molar-refractivity contribution >= 4 is 23.4 Å². The minimum Gasteiger partial charge on any atom is -0.326 e. The van der Waals surface area contributed by atoms with Crippen LogP contribution < -0.4 is 5.73 Å². The Kier molecular flexibility index (Phi) is 5.58. The lowest BCUT2D eigenvalue weighted by Gasteiger charge is -2.36. The number of rotatable bonds is 5. The second-order valence-electron chi connectivity index (χ2n) is 5.25. The number of nitrogens with two attached hydrogens (primary N) is 1. The van der Waals surface area contributed by atoms with Gasteiger partial charge in [0, 0.05) is 28.9 Å². The van der Waals surface area contributed by atoms with Crippen LogP contribution in [0.1, 0.15) is 31.4 Å². The van der Waals surface area contributed by atoms with Crippen LogP contribution in [0, 0.1) is 0 Å². The van der Waals surface area contributed by atoms with Crippen molar-refractivity contribution in [2.45, 2.75) is 37.9 Å². The fourth-order valence-electron chi connectivity index (χ4n) is 2.77. The van der Waals surface area contributed by atoms with E-state index in [1.807, 2.05) is 23.9 Å². The van der Waals surface area contributed by atoms with Crippen LogP contribution in [0.15, 0.2) is 24.3 Å². The number of hydrogen-bond acceptors (Lipinski definition) is 3. The molecule has 1 aromatic carbocycles. The van der Waals surface area contributed by atoms with Crippen LogP contribution in [0.3, 0.4) is 0 Å². The van der Waals surface area contributed by atoms with Gasteiger partial charge in [0.2, 0.25) is 0 Å². The smallest absolute Gasteiger partial charge is 0.0499 e. The molecule has 2 rings (SSSR count). The standard InChI is InChI=1S/C15H23ClN2S/c1-3-14(17)15(11-5-4-6-12(16)9-11)18(2)13-7-8-19-10-13/h4-6,9,13-15H,3,7-8,10,17H2,1-2H3. The van der Waals surface area contributed by atoms with Crippen molar-refractivity contribution in [3.05, 3.63) is 34.9 Å². The molecule has 0 bridgehead atoms. The molecular weight excluding hydrogens is 276 g/mol. The van der Waals surface area contributed by atoms with E-state index in [1.165, 1.54) is 23.5 Å². The molecule has 0 spiro atoms. The van der Waals surface area contributed by atoms with Gasteiger partial charge in [-0.15, -0.1) is 0 Å². The van der Waals surface area contributed by atoms with Crippen molar-refractivity contribution in [1.82, 2.24) is 4.90 Å². The van der Waals surface area contributed by atoms with Crippen molar-refractivity contribution in [3.63, 3.8) is 0 Å². The van der Waals surface area contributed by atoms with E-state index in [9.17, 15) is 0 Å². The predicted octanol–water partition coefficient (Wildman–Crippen LogP) is 3.56. The van der Waals surface area contributed by atoms with Crippen LogP contribution in [-0.2, 0) is 0 Å². The molecule has 2 nitrogen and oxygen atoms in total. The van der Waals surface area contributed by atoms with E-state index < -0.39 is 0 Å². The van der Waals surface area contributed by atoms with Crippen LogP contribution >= 0.6 is 23.4 Å². The molecule has 2 N–H and O–H groups in total. The van der Waals surface area contributed by atoms with E-state index in [2.05, 4.69) is 31.0 Å². The molecule has 0 saturated carbocycles. The molecule has 1 aliphatic rings. The van der Waals surface area contributed by atoms with E-state index in [-0.39, 0.29) is 12.1 Å². The summed E-state index contributed by atoms with van der Waals surface area (Å²) in [5.74, 6) is 2.47. The van der Waals surface area contributed by atoms with Crippen LogP contribution in [0.5, 0.6) is 0 Å². The van der Waals surface area contributed by atoms with Gasteiger partial charge in [0.1, 0.15) is 0 Å². The fourth-order valence-corrected chi connectivity index (χ4v) is 4.25. The van der Waals surface area contributed by atoms with E-state index in [1.54, 1.807) is 0 Å². The summed E-state index contributed by atoms with van der Waals surface area (Å²) in [4.78, 5) is 2.46. The summed E-state index contributed by atoms with van der Waals surface area (Å²) in [6.45, 7) is 2.15. The number of halogens is 1. The molecule has 0 radical (unpaired) electrons. The quantitative estimate of drug-likeness (QED) is 0.901. The van der Waals surface area contributed by atoms with Crippen LogP contribution in [0.2, 0.25) is 5.02 Å². The Morgan fingerprint density at radius 2 is 2.32 bits per heavy atom. The minimum absolute atomic E-state index is 0.147. The Labute approximate surface area is 125 Å². The molecule has 1 aromatic rings. The van der Waals surface area contributed by atoms with Crippen LogP contribution in [-0.4, -0.2) is 35.5 Å². The third-order valence-electron chi connectivity index (χ3n) is 3.99. The third kappa shape index (κ3) is 3.66. The topological polar surface area (TPSA) is 29.3 Å². The number of thioether (sulfide) groups is 1. The zero-order valence-corrected chi connectivity index (χ0v) is 13.3. The van der Waals surface area contributed by atoms with E-state index >= 15 is 0 Å². The van der Waals surface area contributed by atoms with Gasteiger partial charge in [-0.1, -0.05) is 30.7 Å². The lowest BCUT2D eigenvalue weighted by atomic mass is 9.95. The van der Waals surface area contributed by atoms with Crippen molar-refractivity contribution in [3.8, 4) is 0 Å². The molecule has 106 valence electrons. The van der Waals surface area contributed by atoms with Gasteiger partial charge in [-0.3, -0.25) is 4.90 Å². The van der Waals surface area contributed by atoms with Crippen molar-refractivity contribution in [1.29, 1.82) is 0 Å². The average Bonchev–Trinajstić information content (AvgIpc) is 2.92. The first kappa shape index (κ1) is 15.2. The highest BCUT2D eigenvalue weighted by Crippen LogP contribution is 2.32. The molecule has 0 aromatic heterocycles. The first-order chi connectivity index (χ1) is 9.13. The van der Waals surface area contributed by atoms with E-state index in [0.717, 1.165) is 11.4 Å². The van der Waals surface area contributed by atoms with Crippen molar-refractivity contribution < 1.29 is 0 Å². The maximum atomic E-state index is 6.38. The summed E-state index contributed by atoms with van der Waals surface area (Å²) < 4.78 is 0. The average molecular weight is 299 g/mol. The maximum absolute atomic E-state index is 6.38. The summed E-state index contributed by atoms with van der Waals surface area (Å²) in [5.41, 5.74) is 7.61. The summed E-state index contributed by atoms with van der Waals surface area (Å²) >= 11 is 8.17. The first-order valence-corrected chi connectivity index (χ1v) is 8.47. The number of nitrogens with zero attached hydrogens (tertiary/aromatic N) is 1. The van der Waals surface area contributed by atoms with Gasteiger partial charge >= 0.3 is 0 Å². The Morgan fingerprint density at radius 3 is 2.89 bits per heavy atom. The van der Waals surface area contributed by atoms with E-state index in [4.69, 9.17) is 17.3 Å².